The van der Waals surface area contributed by atoms with Crippen molar-refractivity contribution >= 4 is 29.2 Å². The molecule has 170 valence electrons. The molecule has 2 N–H and O–H groups in total. The zero-order chi connectivity index (χ0) is 23.8. The fraction of sp³-hybridized carbons (Fsp3) is 0.174. The zero-order valence-corrected chi connectivity index (χ0v) is 18.1. The van der Waals surface area contributed by atoms with Gasteiger partial charge in [0.05, 0.1) is 6.04 Å². The van der Waals surface area contributed by atoms with Gasteiger partial charge in [0.2, 0.25) is 5.91 Å². The first-order valence-corrected chi connectivity index (χ1v) is 10.7. The van der Waals surface area contributed by atoms with E-state index in [9.17, 15) is 27.6 Å². The molecule has 4 amide bonds. The molecule has 4 rings (SSSR count). The zero-order valence-electron chi connectivity index (χ0n) is 17.3. The van der Waals surface area contributed by atoms with Crippen LogP contribution < -0.4 is 10.6 Å². The van der Waals surface area contributed by atoms with Gasteiger partial charge >= 0.3 is 6.03 Å². The normalized spacial score (nSPS) is 18.8. The number of hydrogen-bond acceptors (Lipinski definition) is 4. The van der Waals surface area contributed by atoms with E-state index in [1.165, 1.54) is 48.6 Å². The third kappa shape index (κ3) is 4.34. The van der Waals surface area contributed by atoms with E-state index in [1.807, 2.05) is 5.38 Å². The minimum Gasteiger partial charge on any atom is -0.343 e. The lowest BCUT2D eigenvalue weighted by molar-refractivity contribution is -0.135. The first kappa shape index (κ1) is 22.5. The van der Waals surface area contributed by atoms with Crippen molar-refractivity contribution in [3.8, 4) is 0 Å². The molecule has 10 heteroatoms. The number of rotatable bonds is 6. The van der Waals surface area contributed by atoms with E-state index < -0.39 is 53.4 Å². The number of amides is 4. The van der Waals surface area contributed by atoms with Gasteiger partial charge in [-0.05, 0) is 53.8 Å². The summed E-state index contributed by atoms with van der Waals surface area (Å²) in [6.45, 7) is 0.762. The molecule has 0 saturated carbocycles. The van der Waals surface area contributed by atoms with E-state index >= 15 is 0 Å². The summed E-state index contributed by atoms with van der Waals surface area (Å²) in [4.78, 5) is 39.8. The van der Waals surface area contributed by atoms with Crippen molar-refractivity contribution in [1.29, 1.82) is 0 Å². The second-order valence-corrected chi connectivity index (χ2v) is 8.62. The number of carbonyl (C=O) groups excluding carboxylic acids is 3. The molecule has 3 aromatic rings. The van der Waals surface area contributed by atoms with Crippen LogP contribution in [0.4, 0.5) is 18.0 Å². The maximum absolute atomic E-state index is 13.7. The van der Waals surface area contributed by atoms with Gasteiger partial charge in [-0.1, -0.05) is 24.3 Å². The summed E-state index contributed by atoms with van der Waals surface area (Å²) < 4.78 is 40.4. The number of urea groups is 1. The van der Waals surface area contributed by atoms with Gasteiger partial charge in [-0.2, -0.15) is 0 Å². The van der Waals surface area contributed by atoms with Crippen molar-refractivity contribution in [1.82, 2.24) is 15.5 Å². The molecule has 1 saturated heterocycles. The fourth-order valence-electron chi connectivity index (χ4n) is 3.62. The van der Waals surface area contributed by atoms with Crippen molar-refractivity contribution in [2.75, 3.05) is 6.54 Å². The topological polar surface area (TPSA) is 78.5 Å². The SMILES string of the molecule is CC1(c2ccc(F)c(F)c2)NC(=O)N(CC(=O)NC(c2ccc(F)cc2)c2cccs2)C1=O. The van der Waals surface area contributed by atoms with E-state index in [0.717, 1.165) is 17.0 Å². The van der Waals surface area contributed by atoms with Gasteiger partial charge < -0.3 is 10.6 Å². The second-order valence-electron chi connectivity index (χ2n) is 7.64. The Labute approximate surface area is 191 Å². The molecule has 2 aromatic carbocycles. The fourth-order valence-corrected chi connectivity index (χ4v) is 4.43. The lowest BCUT2D eigenvalue weighted by atomic mass is 9.92. The van der Waals surface area contributed by atoms with Crippen LogP contribution in [0.5, 0.6) is 0 Å². The van der Waals surface area contributed by atoms with Gasteiger partial charge in [-0.25, -0.2) is 18.0 Å². The summed E-state index contributed by atoms with van der Waals surface area (Å²) in [5.41, 5.74) is -0.989. The Kier molecular flexibility index (Phi) is 5.94. The first-order chi connectivity index (χ1) is 15.7. The summed E-state index contributed by atoms with van der Waals surface area (Å²) >= 11 is 1.38. The average Bonchev–Trinajstić information content (AvgIpc) is 3.38. The van der Waals surface area contributed by atoms with E-state index in [4.69, 9.17) is 0 Å². The number of imide groups is 1. The molecular formula is C23H18F3N3O3S. The van der Waals surface area contributed by atoms with Crippen LogP contribution in [0.1, 0.15) is 29.0 Å². The van der Waals surface area contributed by atoms with Crippen LogP contribution >= 0.6 is 11.3 Å². The lowest BCUT2D eigenvalue weighted by Gasteiger charge is -2.23. The average molecular weight is 473 g/mol. The Bertz CT molecular complexity index is 1220. The van der Waals surface area contributed by atoms with Crippen molar-refractivity contribution < 1.29 is 27.6 Å². The van der Waals surface area contributed by atoms with E-state index in [2.05, 4.69) is 10.6 Å². The van der Waals surface area contributed by atoms with E-state index in [-0.39, 0.29) is 5.56 Å². The van der Waals surface area contributed by atoms with Crippen LogP contribution in [0.3, 0.4) is 0 Å². The highest BCUT2D eigenvalue weighted by Crippen LogP contribution is 2.30. The Hall–Kier alpha value is -3.66. The summed E-state index contributed by atoms with van der Waals surface area (Å²) in [6, 6.07) is 10.6. The smallest absolute Gasteiger partial charge is 0.325 e. The summed E-state index contributed by atoms with van der Waals surface area (Å²) in [6.07, 6.45) is 0. The molecule has 0 aliphatic carbocycles. The van der Waals surface area contributed by atoms with Gasteiger partial charge in [0, 0.05) is 4.88 Å². The maximum Gasteiger partial charge on any atom is 0.325 e. The van der Waals surface area contributed by atoms with Crippen LogP contribution in [-0.2, 0) is 15.1 Å². The number of nitrogens with one attached hydrogen (secondary N) is 2. The molecule has 1 aromatic heterocycles. The minimum atomic E-state index is -1.66. The molecule has 1 aliphatic rings. The first-order valence-electron chi connectivity index (χ1n) is 9.87. The molecular weight excluding hydrogens is 455 g/mol. The van der Waals surface area contributed by atoms with Crippen LogP contribution in [-0.4, -0.2) is 29.3 Å². The third-order valence-corrected chi connectivity index (χ3v) is 6.35. The maximum atomic E-state index is 13.7. The highest BCUT2D eigenvalue weighted by atomic mass is 32.1. The summed E-state index contributed by atoms with van der Waals surface area (Å²) in [5, 5.41) is 7.04. The highest BCUT2D eigenvalue weighted by Gasteiger charge is 2.49. The Morgan fingerprint density at radius 3 is 2.45 bits per heavy atom. The molecule has 33 heavy (non-hydrogen) atoms. The van der Waals surface area contributed by atoms with Gasteiger partial charge in [-0.15, -0.1) is 11.3 Å². The van der Waals surface area contributed by atoms with Crippen molar-refractivity contribution in [2.45, 2.75) is 18.5 Å². The van der Waals surface area contributed by atoms with Crippen molar-refractivity contribution in [3.63, 3.8) is 0 Å². The Balaban J connectivity index is 1.53. The molecule has 2 heterocycles. The van der Waals surface area contributed by atoms with Crippen LogP contribution in [0.25, 0.3) is 0 Å². The largest absolute Gasteiger partial charge is 0.343 e. The number of carbonyl (C=O) groups is 3. The molecule has 2 atom stereocenters. The molecule has 0 radical (unpaired) electrons. The Morgan fingerprint density at radius 1 is 1.09 bits per heavy atom. The second kappa shape index (κ2) is 8.70. The van der Waals surface area contributed by atoms with E-state index in [1.54, 1.807) is 12.1 Å². The number of hydrogen-bond donors (Lipinski definition) is 2. The van der Waals surface area contributed by atoms with Gasteiger partial charge in [0.15, 0.2) is 11.6 Å². The number of halogens is 3. The van der Waals surface area contributed by atoms with Crippen LogP contribution in [0.15, 0.2) is 60.0 Å². The van der Waals surface area contributed by atoms with Gasteiger partial charge in [0.1, 0.15) is 17.9 Å². The van der Waals surface area contributed by atoms with Gasteiger partial charge in [0.25, 0.3) is 5.91 Å². The highest BCUT2D eigenvalue weighted by molar-refractivity contribution is 7.10. The predicted molar refractivity (Wildman–Crippen MR) is 115 cm³/mol. The number of thiophene rings is 1. The van der Waals surface area contributed by atoms with E-state index in [0.29, 0.717) is 10.5 Å². The lowest BCUT2D eigenvalue weighted by Crippen LogP contribution is -2.44. The summed E-state index contributed by atoms with van der Waals surface area (Å²) in [7, 11) is 0. The molecule has 1 aliphatic heterocycles. The molecule has 2 unspecified atom stereocenters. The van der Waals surface area contributed by atoms with Crippen molar-refractivity contribution in [3.05, 3.63) is 93.4 Å². The third-order valence-electron chi connectivity index (χ3n) is 5.41. The van der Waals surface area contributed by atoms with Crippen LogP contribution in [0.2, 0.25) is 0 Å². The van der Waals surface area contributed by atoms with Crippen molar-refractivity contribution in [2.24, 2.45) is 0 Å². The minimum absolute atomic E-state index is 0.0467. The predicted octanol–water partition coefficient (Wildman–Crippen LogP) is 3.84. The molecule has 0 spiro atoms. The quantitative estimate of drug-likeness (QED) is 0.534. The Morgan fingerprint density at radius 2 is 1.82 bits per heavy atom. The summed E-state index contributed by atoms with van der Waals surface area (Å²) in [5.74, 6) is -4.08. The monoisotopic (exact) mass is 473 g/mol. The molecule has 0 bridgehead atoms. The molecule has 1 fully saturated rings. The molecule has 6 nitrogen and oxygen atoms in total. The van der Waals surface area contributed by atoms with Crippen LogP contribution in [0, 0.1) is 17.5 Å². The van der Waals surface area contributed by atoms with Gasteiger partial charge in [-0.3, -0.25) is 14.5 Å². The number of nitrogens with zero attached hydrogens (tertiary/aromatic N) is 1. The number of benzene rings is 2. The standard InChI is InChI=1S/C23H18F3N3O3S/c1-23(14-6-9-16(25)17(26)11-14)21(31)29(22(32)28-23)12-19(30)27-20(18-3-2-10-33-18)13-4-7-15(24)8-5-13/h2-11,20H,12H2,1H3,(H,27,30)(H,28,32).